The molecule has 0 aliphatic heterocycles. The zero-order valence-corrected chi connectivity index (χ0v) is 9.52. The summed E-state index contributed by atoms with van der Waals surface area (Å²) in [6.45, 7) is 0. The number of hydrogen-bond acceptors (Lipinski definition) is 5. The highest BCUT2D eigenvalue weighted by Crippen LogP contribution is 2.18. The maximum absolute atomic E-state index is 13.3. The van der Waals surface area contributed by atoms with Gasteiger partial charge in [0.05, 0.1) is 12.4 Å². The molecule has 0 bridgehead atoms. The van der Waals surface area contributed by atoms with E-state index in [4.69, 9.17) is 5.84 Å². The van der Waals surface area contributed by atoms with Crippen LogP contribution in [0.1, 0.15) is 10.5 Å². The molecule has 0 aliphatic rings. The Morgan fingerprint density at radius 3 is 2.37 bits per heavy atom. The number of halogens is 2. The first-order chi connectivity index (χ1) is 9.11. The molecular formula is C11H9F2N5O. The molecule has 0 spiro atoms. The van der Waals surface area contributed by atoms with Crippen molar-refractivity contribution in [1.82, 2.24) is 9.97 Å². The van der Waals surface area contributed by atoms with Gasteiger partial charge in [0.2, 0.25) is 0 Å². The number of hydrogen-bond donors (Lipinski definition) is 3. The monoisotopic (exact) mass is 265 g/mol. The Morgan fingerprint density at radius 1 is 1.16 bits per heavy atom. The summed E-state index contributed by atoms with van der Waals surface area (Å²) < 4.78 is 26.7. The summed E-state index contributed by atoms with van der Waals surface area (Å²) in [6.07, 6.45) is 2.34. The number of nitrogens with two attached hydrogens (primary N) is 1. The van der Waals surface area contributed by atoms with E-state index in [0.29, 0.717) is 0 Å². The number of benzene rings is 1. The Balaban J connectivity index is 2.20. The Bertz CT molecular complexity index is 582. The summed E-state index contributed by atoms with van der Waals surface area (Å²) in [5, 5.41) is 2.09. The lowest BCUT2D eigenvalue weighted by Gasteiger charge is -2.07. The molecule has 2 rings (SSSR count). The molecule has 4 N–H and O–H groups in total. The fraction of sp³-hybridized carbons (Fsp3) is 0. The van der Waals surface area contributed by atoms with E-state index in [1.165, 1.54) is 12.3 Å². The van der Waals surface area contributed by atoms with Gasteiger partial charge in [0, 0.05) is 0 Å². The van der Waals surface area contributed by atoms with Crippen molar-refractivity contribution in [2.75, 3.05) is 10.7 Å². The number of carbonyl (C=O) groups excluding carboxylic acids is 1. The molecular weight excluding hydrogens is 256 g/mol. The number of nitrogens with zero attached hydrogens (tertiary/aromatic N) is 2. The van der Waals surface area contributed by atoms with Gasteiger partial charge < -0.3 is 10.7 Å². The first-order valence-electron chi connectivity index (χ1n) is 5.16. The molecule has 98 valence electrons. The number of carbonyl (C=O) groups is 1. The average Bonchev–Trinajstić information content (AvgIpc) is 2.43. The van der Waals surface area contributed by atoms with E-state index in [2.05, 4.69) is 20.7 Å². The van der Waals surface area contributed by atoms with E-state index < -0.39 is 23.2 Å². The van der Waals surface area contributed by atoms with Crippen molar-refractivity contribution in [3.8, 4) is 0 Å². The second-order valence-corrected chi connectivity index (χ2v) is 3.48. The lowest BCUT2D eigenvalue weighted by atomic mass is 10.3. The van der Waals surface area contributed by atoms with Crippen LogP contribution in [0, 0.1) is 11.6 Å². The van der Waals surface area contributed by atoms with E-state index in [-0.39, 0.29) is 11.5 Å². The maximum Gasteiger partial charge on any atom is 0.276 e. The minimum atomic E-state index is -0.874. The quantitative estimate of drug-likeness (QED) is 0.574. The molecule has 0 fully saturated rings. The molecule has 2 aromatic rings. The van der Waals surface area contributed by atoms with Gasteiger partial charge in [0.1, 0.15) is 23.0 Å². The predicted molar refractivity (Wildman–Crippen MR) is 64.2 cm³/mol. The van der Waals surface area contributed by atoms with Crippen LogP contribution in [0.4, 0.5) is 20.3 Å². The molecule has 1 aromatic heterocycles. The summed E-state index contributed by atoms with van der Waals surface area (Å²) in [5.41, 5.74) is 1.61. The zero-order valence-electron chi connectivity index (χ0n) is 9.52. The van der Waals surface area contributed by atoms with Crippen molar-refractivity contribution in [1.29, 1.82) is 0 Å². The summed E-state index contributed by atoms with van der Waals surface area (Å²) >= 11 is 0. The number of para-hydroxylation sites is 1. The fourth-order valence-corrected chi connectivity index (χ4v) is 1.31. The number of anilines is 2. The number of aromatic nitrogens is 2. The number of amides is 1. The molecule has 0 unspecified atom stereocenters. The van der Waals surface area contributed by atoms with Crippen molar-refractivity contribution in [2.45, 2.75) is 0 Å². The highest BCUT2D eigenvalue weighted by molar-refractivity contribution is 6.02. The molecule has 0 saturated heterocycles. The van der Waals surface area contributed by atoms with E-state index in [0.717, 1.165) is 18.3 Å². The largest absolute Gasteiger partial charge is 0.316 e. The van der Waals surface area contributed by atoms with Crippen LogP contribution in [0.25, 0.3) is 0 Å². The first kappa shape index (κ1) is 12.8. The highest BCUT2D eigenvalue weighted by atomic mass is 19.1. The molecule has 0 radical (unpaired) electrons. The Kier molecular flexibility index (Phi) is 3.62. The molecule has 1 heterocycles. The third kappa shape index (κ3) is 2.80. The number of rotatable bonds is 3. The topological polar surface area (TPSA) is 92.9 Å². The molecule has 19 heavy (non-hydrogen) atoms. The molecule has 1 amide bonds. The summed E-state index contributed by atoms with van der Waals surface area (Å²) in [6, 6.07) is 3.26. The van der Waals surface area contributed by atoms with Gasteiger partial charge in [0.15, 0.2) is 5.82 Å². The molecule has 0 saturated carbocycles. The molecule has 1 aromatic carbocycles. The van der Waals surface area contributed by atoms with Crippen molar-refractivity contribution in [3.63, 3.8) is 0 Å². The van der Waals surface area contributed by atoms with Gasteiger partial charge in [-0.1, -0.05) is 6.07 Å². The second-order valence-electron chi connectivity index (χ2n) is 3.48. The number of hydrazine groups is 1. The standard InChI is InChI=1S/C11H9F2N5O/c12-6-2-1-3-7(13)10(6)17-11(19)8-4-16-9(18-14)5-15-8/h1-5H,14H2,(H,16,18)(H,17,19). The smallest absolute Gasteiger partial charge is 0.276 e. The van der Waals surface area contributed by atoms with Gasteiger partial charge >= 0.3 is 0 Å². The molecule has 0 atom stereocenters. The van der Waals surface area contributed by atoms with Crippen LogP contribution in [0.15, 0.2) is 30.6 Å². The average molecular weight is 265 g/mol. The van der Waals surface area contributed by atoms with E-state index in [1.54, 1.807) is 0 Å². The minimum absolute atomic E-state index is 0.0957. The number of nitrogen functional groups attached to an aromatic ring is 1. The van der Waals surface area contributed by atoms with Crippen molar-refractivity contribution in [2.24, 2.45) is 5.84 Å². The lowest BCUT2D eigenvalue weighted by Crippen LogP contribution is -2.17. The number of nitrogens with one attached hydrogen (secondary N) is 2. The Morgan fingerprint density at radius 2 is 1.84 bits per heavy atom. The Hall–Kier alpha value is -2.61. The van der Waals surface area contributed by atoms with Crippen LogP contribution >= 0.6 is 0 Å². The second kappa shape index (κ2) is 5.36. The lowest BCUT2D eigenvalue weighted by molar-refractivity contribution is 0.102. The fourth-order valence-electron chi connectivity index (χ4n) is 1.31. The minimum Gasteiger partial charge on any atom is -0.316 e. The predicted octanol–water partition coefficient (Wildman–Crippen LogP) is 1.29. The van der Waals surface area contributed by atoms with Gasteiger partial charge in [-0.05, 0) is 12.1 Å². The van der Waals surface area contributed by atoms with Crippen molar-refractivity contribution in [3.05, 3.63) is 47.9 Å². The van der Waals surface area contributed by atoms with Crippen molar-refractivity contribution >= 4 is 17.4 Å². The summed E-state index contributed by atoms with van der Waals surface area (Å²) in [4.78, 5) is 19.2. The molecule has 8 heteroatoms. The van der Waals surface area contributed by atoms with Crippen LogP contribution < -0.4 is 16.6 Å². The van der Waals surface area contributed by atoms with E-state index >= 15 is 0 Å². The van der Waals surface area contributed by atoms with E-state index in [9.17, 15) is 13.6 Å². The van der Waals surface area contributed by atoms with Crippen LogP contribution in [-0.2, 0) is 0 Å². The van der Waals surface area contributed by atoms with Crippen LogP contribution in [-0.4, -0.2) is 15.9 Å². The zero-order chi connectivity index (χ0) is 13.8. The summed E-state index contributed by atoms with van der Waals surface area (Å²) in [7, 11) is 0. The van der Waals surface area contributed by atoms with Crippen molar-refractivity contribution < 1.29 is 13.6 Å². The summed E-state index contributed by atoms with van der Waals surface area (Å²) in [5.74, 6) is 2.82. The molecule has 0 aliphatic carbocycles. The Labute approximate surface area is 106 Å². The SMILES string of the molecule is NNc1cnc(C(=O)Nc2c(F)cccc2F)cn1. The highest BCUT2D eigenvalue weighted by Gasteiger charge is 2.14. The third-order valence-electron chi connectivity index (χ3n) is 2.23. The van der Waals surface area contributed by atoms with Gasteiger partial charge in [-0.2, -0.15) is 0 Å². The van der Waals surface area contributed by atoms with Crippen LogP contribution in [0.2, 0.25) is 0 Å². The van der Waals surface area contributed by atoms with Gasteiger partial charge in [-0.25, -0.2) is 24.6 Å². The van der Waals surface area contributed by atoms with Gasteiger partial charge in [0.25, 0.3) is 5.91 Å². The van der Waals surface area contributed by atoms with Gasteiger partial charge in [-0.3, -0.25) is 4.79 Å². The third-order valence-corrected chi connectivity index (χ3v) is 2.23. The normalized spacial score (nSPS) is 10.1. The van der Waals surface area contributed by atoms with E-state index in [1.807, 2.05) is 0 Å². The van der Waals surface area contributed by atoms with Crippen LogP contribution in [0.5, 0.6) is 0 Å². The van der Waals surface area contributed by atoms with Gasteiger partial charge in [-0.15, -0.1) is 0 Å². The first-order valence-corrected chi connectivity index (χ1v) is 5.16. The molecule has 6 nitrogen and oxygen atoms in total. The van der Waals surface area contributed by atoms with Crippen LogP contribution in [0.3, 0.4) is 0 Å². The maximum atomic E-state index is 13.3.